The molecule has 0 fully saturated rings. The average Bonchev–Trinajstić information content (AvgIpc) is 2.14. The Kier molecular flexibility index (Phi) is 4.83. The van der Waals surface area contributed by atoms with Gasteiger partial charge in [0.05, 0.1) is 24.6 Å². The summed E-state index contributed by atoms with van der Waals surface area (Å²) in [6.07, 6.45) is 0. The molecule has 1 nitrogen and oxygen atoms in total. The summed E-state index contributed by atoms with van der Waals surface area (Å²) in [5, 5.41) is 0. The van der Waals surface area contributed by atoms with E-state index >= 15 is 0 Å². The zero-order valence-electron chi connectivity index (χ0n) is 8.26. The largest absolute Gasteiger partial charge is 0.279 e. The fourth-order valence-corrected chi connectivity index (χ4v) is 1.50. The van der Waals surface area contributed by atoms with Crippen molar-refractivity contribution in [3.8, 4) is 23.7 Å². The van der Waals surface area contributed by atoms with E-state index in [1.807, 2.05) is 0 Å². The molecule has 0 aromatic rings. The summed E-state index contributed by atoms with van der Waals surface area (Å²) in [7, 11) is 0. The lowest BCUT2D eigenvalue weighted by Crippen LogP contribution is -2.31. The Balaban J connectivity index is 2.53. The summed E-state index contributed by atoms with van der Waals surface area (Å²) in [5.41, 5.74) is 0. The van der Waals surface area contributed by atoms with Crippen LogP contribution in [0, 0.1) is 23.7 Å². The summed E-state index contributed by atoms with van der Waals surface area (Å²) in [5.74, 6) is 14.5. The van der Waals surface area contributed by atoms with Crippen LogP contribution in [0.25, 0.3) is 0 Å². The third kappa shape index (κ3) is 4.27. The molecule has 2 heteroatoms. The number of rotatable bonds is 1. The van der Waals surface area contributed by atoms with Gasteiger partial charge in [-0.15, -0.1) is 11.8 Å². The molecular formula is C11H15NS. The second-order valence-electron chi connectivity index (χ2n) is 3.20. The van der Waals surface area contributed by atoms with E-state index < -0.39 is 0 Å². The molecule has 0 bridgehead atoms. The van der Waals surface area contributed by atoms with Crippen LogP contribution in [0.15, 0.2) is 0 Å². The summed E-state index contributed by atoms with van der Waals surface area (Å²) < 4.78 is 0. The Morgan fingerprint density at radius 2 is 1.54 bits per heavy atom. The molecule has 0 N–H and O–H groups in total. The van der Waals surface area contributed by atoms with Crippen LogP contribution >= 0.6 is 11.8 Å². The number of nitrogens with zero attached hydrogens (tertiary/aromatic N) is 1. The van der Waals surface area contributed by atoms with Crippen LogP contribution in [-0.4, -0.2) is 35.5 Å². The Morgan fingerprint density at radius 1 is 1.00 bits per heavy atom. The van der Waals surface area contributed by atoms with Crippen LogP contribution < -0.4 is 0 Å². The van der Waals surface area contributed by atoms with Crippen LogP contribution in [0.2, 0.25) is 0 Å². The molecule has 13 heavy (non-hydrogen) atoms. The zero-order chi connectivity index (χ0) is 9.52. The van der Waals surface area contributed by atoms with Crippen molar-refractivity contribution in [1.29, 1.82) is 0 Å². The molecule has 1 aliphatic heterocycles. The minimum atomic E-state index is 0.538. The van der Waals surface area contributed by atoms with Gasteiger partial charge in [-0.25, -0.2) is 0 Å². The molecular weight excluding hydrogens is 178 g/mol. The molecule has 0 aromatic carbocycles. The molecule has 0 aromatic heterocycles. The molecule has 0 saturated heterocycles. The van der Waals surface area contributed by atoms with E-state index in [0.29, 0.717) is 6.04 Å². The van der Waals surface area contributed by atoms with Crippen molar-refractivity contribution in [2.75, 3.05) is 24.6 Å². The maximum atomic E-state index is 3.17. The van der Waals surface area contributed by atoms with Gasteiger partial charge < -0.3 is 0 Å². The molecule has 1 heterocycles. The Hall–Kier alpha value is -0.570. The lowest BCUT2D eigenvalue weighted by Gasteiger charge is -2.21. The van der Waals surface area contributed by atoms with Crippen molar-refractivity contribution in [2.45, 2.75) is 19.9 Å². The second-order valence-corrected chi connectivity index (χ2v) is 4.18. The molecule has 0 unspecified atom stereocenters. The number of hydrogen-bond donors (Lipinski definition) is 0. The van der Waals surface area contributed by atoms with Crippen molar-refractivity contribution >= 4 is 11.8 Å². The highest BCUT2D eigenvalue weighted by molar-refractivity contribution is 7.99. The first kappa shape index (κ1) is 10.5. The van der Waals surface area contributed by atoms with Crippen LogP contribution in [0.5, 0.6) is 0 Å². The zero-order valence-corrected chi connectivity index (χ0v) is 9.08. The predicted octanol–water partition coefficient (Wildman–Crippen LogP) is 1.45. The molecule has 0 radical (unpaired) electrons. The van der Waals surface area contributed by atoms with Gasteiger partial charge in [0.2, 0.25) is 0 Å². The number of thioether (sulfide) groups is 1. The molecule has 0 spiro atoms. The molecule has 0 atom stereocenters. The van der Waals surface area contributed by atoms with Gasteiger partial charge in [0.15, 0.2) is 0 Å². The van der Waals surface area contributed by atoms with E-state index in [4.69, 9.17) is 0 Å². The predicted molar refractivity (Wildman–Crippen MR) is 59.6 cm³/mol. The summed E-state index contributed by atoms with van der Waals surface area (Å²) >= 11 is 1.80. The average molecular weight is 193 g/mol. The highest BCUT2D eigenvalue weighted by atomic mass is 32.2. The summed E-state index contributed by atoms with van der Waals surface area (Å²) in [6, 6.07) is 0.538. The van der Waals surface area contributed by atoms with Gasteiger partial charge >= 0.3 is 0 Å². The third-order valence-corrected chi connectivity index (χ3v) is 2.59. The molecule has 1 rings (SSSR count). The molecule has 0 saturated carbocycles. The maximum Gasteiger partial charge on any atom is 0.0612 e. The van der Waals surface area contributed by atoms with Crippen molar-refractivity contribution < 1.29 is 0 Å². The first-order valence-corrected chi connectivity index (χ1v) is 5.69. The standard InChI is InChI=1S/C11H15NS/c1-11(2)12-7-3-5-9-13-10-6-4-8-12/h11H,7-10H2,1-2H3. The second kappa shape index (κ2) is 5.97. The summed E-state index contributed by atoms with van der Waals surface area (Å²) in [6.45, 7) is 6.08. The molecule has 70 valence electrons. The van der Waals surface area contributed by atoms with Gasteiger partial charge in [-0.3, -0.25) is 4.90 Å². The van der Waals surface area contributed by atoms with Crippen molar-refractivity contribution in [3.63, 3.8) is 0 Å². The highest BCUT2D eigenvalue weighted by Gasteiger charge is 2.05. The Bertz CT molecular complexity index is 237. The Labute approximate surface area is 85.3 Å². The smallest absolute Gasteiger partial charge is 0.0612 e. The highest BCUT2D eigenvalue weighted by Crippen LogP contribution is 1.99. The van der Waals surface area contributed by atoms with E-state index in [1.54, 1.807) is 11.8 Å². The summed E-state index contributed by atoms with van der Waals surface area (Å²) in [4.78, 5) is 2.29. The van der Waals surface area contributed by atoms with E-state index in [-0.39, 0.29) is 0 Å². The first-order valence-electron chi connectivity index (χ1n) is 4.54. The molecule has 0 amide bonds. The topological polar surface area (TPSA) is 3.24 Å². The Morgan fingerprint density at radius 3 is 2.00 bits per heavy atom. The SMILES string of the molecule is CC(C)N1CC#CCSCC#CC1. The van der Waals surface area contributed by atoms with Gasteiger partial charge in [0, 0.05) is 6.04 Å². The lowest BCUT2D eigenvalue weighted by molar-refractivity contribution is 0.281. The van der Waals surface area contributed by atoms with Crippen LogP contribution in [-0.2, 0) is 0 Å². The van der Waals surface area contributed by atoms with E-state index in [0.717, 1.165) is 24.6 Å². The lowest BCUT2D eigenvalue weighted by atomic mass is 10.3. The van der Waals surface area contributed by atoms with Crippen molar-refractivity contribution in [1.82, 2.24) is 4.90 Å². The van der Waals surface area contributed by atoms with Gasteiger partial charge in [0.1, 0.15) is 0 Å². The van der Waals surface area contributed by atoms with Gasteiger partial charge in [0.25, 0.3) is 0 Å². The fourth-order valence-electron chi connectivity index (χ4n) is 0.991. The third-order valence-electron chi connectivity index (χ3n) is 1.89. The molecule has 0 aliphatic carbocycles. The molecule has 1 aliphatic rings. The number of hydrogen-bond acceptors (Lipinski definition) is 2. The van der Waals surface area contributed by atoms with Crippen LogP contribution in [0.4, 0.5) is 0 Å². The first-order chi connectivity index (χ1) is 6.30. The van der Waals surface area contributed by atoms with Crippen molar-refractivity contribution in [3.05, 3.63) is 0 Å². The van der Waals surface area contributed by atoms with Gasteiger partial charge in [-0.2, -0.15) is 0 Å². The normalized spacial score (nSPS) is 18.4. The van der Waals surface area contributed by atoms with E-state index in [1.165, 1.54) is 0 Å². The minimum absolute atomic E-state index is 0.538. The monoisotopic (exact) mass is 193 g/mol. The maximum absolute atomic E-state index is 3.17. The quantitative estimate of drug-likeness (QED) is 0.580. The van der Waals surface area contributed by atoms with Gasteiger partial charge in [-0.05, 0) is 13.8 Å². The fraction of sp³-hybridized carbons (Fsp3) is 0.636. The van der Waals surface area contributed by atoms with E-state index in [2.05, 4.69) is 42.4 Å². The van der Waals surface area contributed by atoms with Crippen LogP contribution in [0.3, 0.4) is 0 Å². The van der Waals surface area contributed by atoms with Crippen molar-refractivity contribution in [2.24, 2.45) is 0 Å². The minimum Gasteiger partial charge on any atom is -0.279 e. The van der Waals surface area contributed by atoms with Crippen LogP contribution in [0.1, 0.15) is 13.8 Å². The van der Waals surface area contributed by atoms with E-state index in [9.17, 15) is 0 Å². The van der Waals surface area contributed by atoms with Gasteiger partial charge in [-0.1, -0.05) is 23.7 Å².